The molecule has 24 heavy (non-hydrogen) atoms. The molecule has 0 unspecified atom stereocenters. The van der Waals surface area contributed by atoms with Gasteiger partial charge in [0.25, 0.3) is 5.91 Å². The van der Waals surface area contributed by atoms with Crippen LogP contribution in [0.2, 0.25) is 0 Å². The minimum Gasteiger partial charge on any atom is -0.335 e. The minimum absolute atomic E-state index is 0.129. The Labute approximate surface area is 139 Å². The predicted octanol–water partition coefficient (Wildman–Crippen LogP) is 0.0614. The van der Waals surface area contributed by atoms with Gasteiger partial charge >= 0.3 is 5.56 Å². The van der Waals surface area contributed by atoms with Crippen molar-refractivity contribution in [2.24, 2.45) is 5.10 Å². The van der Waals surface area contributed by atoms with Crippen molar-refractivity contribution in [3.8, 4) is 0 Å². The Kier molecular flexibility index (Phi) is 4.85. The second kappa shape index (κ2) is 7.22. The predicted molar refractivity (Wildman–Crippen MR) is 90.4 cm³/mol. The summed E-state index contributed by atoms with van der Waals surface area (Å²) in [4.78, 5) is 27.2. The lowest BCUT2D eigenvalue weighted by Gasteiger charge is -2.26. The summed E-state index contributed by atoms with van der Waals surface area (Å²) in [6.07, 6.45) is 2.52. The van der Waals surface area contributed by atoms with Crippen molar-refractivity contribution >= 4 is 12.1 Å². The highest BCUT2D eigenvalue weighted by atomic mass is 16.2. The third kappa shape index (κ3) is 3.43. The maximum atomic E-state index is 12.3. The second-order valence-electron chi connectivity index (χ2n) is 5.56. The van der Waals surface area contributed by atoms with Gasteiger partial charge < -0.3 is 10.2 Å². The normalized spacial score (nSPS) is 15.1. The molecule has 1 aromatic heterocycles. The molecule has 1 saturated heterocycles. The lowest BCUT2D eigenvalue weighted by atomic mass is 10.1. The number of piperazine rings is 1. The molecule has 2 N–H and O–H groups in total. The maximum Gasteiger partial charge on any atom is 0.320 e. The number of aryl methyl sites for hydroxylation is 1. The number of aromatic amines is 1. The first-order valence-electron chi connectivity index (χ1n) is 7.99. The van der Waals surface area contributed by atoms with Gasteiger partial charge in [-0.05, 0) is 17.5 Å². The lowest BCUT2D eigenvalue weighted by molar-refractivity contribution is 0.0728. The summed E-state index contributed by atoms with van der Waals surface area (Å²) < 4.78 is 0. The first kappa shape index (κ1) is 16.1. The Morgan fingerprint density at radius 3 is 2.67 bits per heavy atom. The number of amides is 1. The fraction of sp³-hybridized carbons (Fsp3) is 0.375. The number of benzene rings is 1. The van der Waals surface area contributed by atoms with E-state index in [9.17, 15) is 9.59 Å². The molecule has 126 valence electrons. The van der Waals surface area contributed by atoms with Crippen molar-refractivity contribution in [1.29, 1.82) is 0 Å². The molecule has 8 heteroatoms. The Bertz CT molecular complexity index is 784. The molecule has 0 atom stereocenters. The van der Waals surface area contributed by atoms with E-state index < -0.39 is 5.56 Å². The van der Waals surface area contributed by atoms with Crippen LogP contribution in [-0.2, 0) is 6.42 Å². The van der Waals surface area contributed by atoms with Crippen molar-refractivity contribution in [1.82, 2.24) is 25.3 Å². The Balaban J connectivity index is 1.75. The number of aromatic nitrogens is 3. The summed E-state index contributed by atoms with van der Waals surface area (Å²) in [5.41, 5.74) is 1.42. The van der Waals surface area contributed by atoms with E-state index in [0.717, 1.165) is 29.9 Å². The molecule has 0 aliphatic carbocycles. The van der Waals surface area contributed by atoms with Gasteiger partial charge in [0.1, 0.15) is 0 Å². The van der Waals surface area contributed by atoms with Gasteiger partial charge in [0.2, 0.25) is 5.69 Å². The molecule has 1 aliphatic heterocycles. The molecule has 1 fully saturated rings. The van der Waals surface area contributed by atoms with Crippen molar-refractivity contribution < 1.29 is 4.79 Å². The number of nitrogens with one attached hydrogen (secondary N) is 2. The highest BCUT2D eigenvalue weighted by Crippen LogP contribution is 2.03. The monoisotopic (exact) mass is 328 g/mol. The average Bonchev–Trinajstić information content (AvgIpc) is 3.01. The van der Waals surface area contributed by atoms with Crippen LogP contribution in [0.5, 0.6) is 0 Å². The van der Waals surface area contributed by atoms with Crippen LogP contribution in [0.4, 0.5) is 0 Å². The molecular weight excluding hydrogens is 308 g/mol. The third-order valence-electron chi connectivity index (χ3n) is 3.97. The smallest absolute Gasteiger partial charge is 0.320 e. The Morgan fingerprint density at radius 1 is 1.29 bits per heavy atom. The van der Waals surface area contributed by atoms with Gasteiger partial charge in [0.15, 0.2) is 0 Å². The fourth-order valence-corrected chi connectivity index (χ4v) is 2.49. The summed E-state index contributed by atoms with van der Waals surface area (Å²) >= 11 is 0. The van der Waals surface area contributed by atoms with E-state index in [2.05, 4.69) is 27.7 Å². The van der Waals surface area contributed by atoms with Gasteiger partial charge in [0, 0.05) is 26.2 Å². The first-order valence-corrected chi connectivity index (χ1v) is 7.99. The van der Waals surface area contributed by atoms with Gasteiger partial charge in [-0.3, -0.25) is 9.59 Å². The fourth-order valence-electron chi connectivity index (χ4n) is 2.49. The molecule has 0 saturated carbocycles. The molecule has 8 nitrogen and oxygen atoms in total. The standard InChI is InChI=1S/C16H20N6O2/c1-2-12-3-5-13(6-4-12)11-18-22-16(24)14(19-20-22)15(23)21-9-7-17-8-10-21/h3-6,11,17,20H,2,7-10H2,1H3. The molecule has 1 aliphatic rings. The van der Waals surface area contributed by atoms with Crippen molar-refractivity contribution in [2.75, 3.05) is 26.2 Å². The molecule has 2 aromatic rings. The third-order valence-corrected chi connectivity index (χ3v) is 3.97. The molecule has 1 amide bonds. The summed E-state index contributed by atoms with van der Waals surface area (Å²) in [5.74, 6) is -0.362. The summed E-state index contributed by atoms with van der Waals surface area (Å²) in [5, 5.41) is 13.5. The summed E-state index contributed by atoms with van der Waals surface area (Å²) in [6.45, 7) is 4.66. The number of hydrogen-bond acceptors (Lipinski definition) is 5. The highest BCUT2D eigenvalue weighted by Gasteiger charge is 2.24. The van der Waals surface area contributed by atoms with Crippen LogP contribution >= 0.6 is 0 Å². The number of carbonyl (C=O) groups is 1. The number of carbonyl (C=O) groups excluding carboxylic acids is 1. The maximum absolute atomic E-state index is 12.3. The highest BCUT2D eigenvalue weighted by molar-refractivity contribution is 5.92. The van der Waals surface area contributed by atoms with Gasteiger partial charge in [-0.1, -0.05) is 31.2 Å². The van der Waals surface area contributed by atoms with E-state index in [4.69, 9.17) is 0 Å². The lowest BCUT2D eigenvalue weighted by Crippen LogP contribution is -2.47. The minimum atomic E-state index is -0.542. The molecule has 2 heterocycles. The Hall–Kier alpha value is -2.74. The van der Waals surface area contributed by atoms with Crippen LogP contribution in [0.1, 0.15) is 28.5 Å². The molecular formula is C16H20N6O2. The van der Waals surface area contributed by atoms with E-state index in [1.165, 1.54) is 5.56 Å². The number of hydrogen-bond donors (Lipinski definition) is 2. The number of H-pyrrole nitrogens is 1. The topological polar surface area (TPSA) is 95.4 Å². The Morgan fingerprint density at radius 2 is 2.00 bits per heavy atom. The molecule has 1 aromatic carbocycles. The number of nitrogens with zero attached hydrogens (tertiary/aromatic N) is 4. The quantitative estimate of drug-likeness (QED) is 0.776. The SMILES string of the molecule is CCc1ccc(C=Nn2[nH]nc(C(=O)N3CCNCC3)c2=O)cc1. The summed E-state index contributed by atoms with van der Waals surface area (Å²) in [7, 11) is 0. The molecule has 0 radical (unpaired) electrons. The van der Waals surface area contributed by atoms with E-state index >= 15 is 0 Å². The largest absolute Gasteiger partial charge is 0.335 e. The van der Waals surface area contributed by atoms with Crippen LogP contribution in [-0.4, -0.2) is 58.3 Å². The van der Waals surface area contributed by atoms with Crippen LogP contribution in [0, 0.1) is 0 Å². The zero-order valence-electron chi connectivity index (χ0n) is 13.5. The zero-order chi connectivity index (χ0) is 16.9. The number of rotatable bonds is 4. The average molecular weight is 328 g/mol. The van der Waals surface area contributed by atoms with E-state index in [0.29, 0.717) is 13.1 Å². The van der Waals surface area contributed by atoms with E-state index in [-0.39, 0.29) is 11.6 Å². The molecule has 0 spiro atoms. The van der Waals surface area contributed by atoms with Crippen molar-refractivity contribution in [3.63, 3.8) is 0 Å². The first-order chi connectivity index (χ1) is 11.7. The van der Waals surface area contributed by atoms with Crippen LogP contribution in [0.25, 0.3) is 0 Å². The van der Waals surface area contributed by atoms with Crippen LogP contribution < -0.4 is 10.9 Å². The molecule has 0 bridgehead atoms. The van der Waals surface area contributed by atoms with Gasteiger partial charge in [0.05, 0.1) is 6.21 Å². The second-order valence-corrected chi connectivity index (χ2v) is 5.56. The van der Waals surface area contributed by atoms with E-state index in [1.807, 2.05) is 24.3 Å². The van der Waals surface area contributed by atoms with Crippen LogP contribution in [0.15, 0.2) is 34.2 Å². The molecule has 3 rings (SSSR count). The summed E-state index contributed by atoms with van der Waals surface area (Å²) in [6, 6.07) is 7.87. The van der Waals surface area contributed by atoms with E-state index in [1.54, 1.807) is 11.1 Å². The van der Waals surface area contributed by atoms with Crippen molar-refractivity contribution in [2.45, 2.75) is 13.3 Å². The van der Waals surface area contributed by atoms with Gasteiger partial charge in [-0.25, -0.2) is 0 Å². The van der Waals surface area contributed by atoms with Gasteiger partial charge in [-0.2, -0.15) is 10.3 Å². The van der Waals surface area contributed by atoms with Crippen molar-refractivity contribution in [3.05, 3.63) is 51.4 Å². The zero-order valence-corrected chi connectivity index (χ0v) is 13.5. The van der Waals surface area contributed by atoms with Gasteiger partial charge in [-0.15, -0.1) is 9.89 Å². The van der Waals surface area contributed by atoms with Crippen LogP contribution in [0.3, 0.4) is 0 Å².